The average Bonchev–Trinajstić information content (AvgIpc) is 3.16. The van der Waals surface area contributed by atoms with E-state index in [0.717, 1.165) is 31.6 Å². The molecule has 1 aromatic heterocycles. The van der Waals surface area contributed by atoms with Crippen molar-refractivity contribution in [3.8, 4) is 0 Å². The lowest BCUT2D eigenvalue weighted by atomic mass is 9.95. The summed E-state index contributed by atoms with van der Waals surface area (Å²) in [5.41, 5.74) is 2.85. The van der Waals surface area contributed by atoms with Gasteiger partial charge in [-0.3, -0.25) is 19.5 Å². The number of aryl methyl sites for hydroxylation is 1. The van der Waals surface area contributed by atoms with Crippen molar-refractivity contribution in [2.75, 3.05) is 22.9 Å². The van der Waals surface area contributed by atoms with Crippen LogP contribution in [-0.4, -0.2) is 34.9 Å². The first-order valence-electron chi connectivity index (χ1n) is 11.8. The van der Waals surface area contributed by atoms with Gasteiger partial charge in [0.25, 0.3) is 11.7 Å². The van der Waals surface area contributed by atoms with Gasteiger partial charge in [0.05, 0.1) is 11.6 Å². The van der Waals surface area contributed by atoms with E-state index in [0.29, 0.717) is 16.8 Å². The number of Topliss-reactive ketones (excluding diaryl/α,β-unsaturated/α-hetero) is 1. The maximum atomic E-state index is 13.8. The molecule has 0 radical (unpaired) electrons. The van der Waals surface area contributed by atoms with Gasteiger partial charge in [0.15, 0.2) is 0 Å². The van der Waals surface area contributed by atoms with Gasteiger partial charge in [0, 0.05) is 42.4 Å². The lowest BCUT2D eigenvalue weighted by Crippen LogP contribution is -2.30. The van der Waals surface area contributed by atoms with Crippen LogP contribution in [0.1, 0.15) is 42.0 Å². The van der Waals surface area contributed by atoms with Crippen LogP contribution in [0.3, 0.4) is 0 Å². The van der Waals surface area contributed by atoms with Crippen molar-refractivity contribution in [2.45, 2.75) is 32.2 Å². The normalized spacial score (nSPS) is 19.9. The second-order valence-corrected chi connectivity index (χ2v) is 8.98. The predicted octanol–water partition coefficient (Wildman–Crippen LogP) is 5.15. The first kappa shape index (κ1) is 22.8. The summed E-state index contributed by atoms with van der Waals surface area (Å²) in [5, 5.41) is 11.2. The fourth-order valence-electron chi connectivity index (χ4n) is 4.88. The van der Waals surface area contributed by atoms with Gasteiger partial charge in [0.1, 0.15) is 11.6 Å². The molecule has 3 aromatic rings. The van der Waals surface area contributed by atoms with Crippen molar-refractivity contribution in [3.05, 3.63) is 95.1 Å². The van der Waals surface area contributed by atoms with Gasteiger partial charge in [-0.05, 0) is 91.9 Å². The first-order chi connectivity index (χ1) is 17.0. The van der Waals surface area contributed by atoms with Crippen LogP contribution >= 0.6 is 0 Å². The topological polar surface area (TPSA) is 73.7 Å². The summed E-state index contributed by atoms with van der Waals surface area (Å²) < 4.78 is 13.8. The lowest BCUT2D eigenvalue weighted by molar-refractivity contribution is -0.132. The molecule has 1 amide bonds. The Morgan fingerprint density at radius 3 is 2.26 bits per heavy atom. The van der Waals surface area contributed by atoms with Gasteiger partial charge in [-0.15, -0.1) is 0 Å². The smallest absolute Gasteiger partial charge is 0.300 e. The Labute approximate surface area is 203 Å². The molecule has 1 unspecified atom stereocenters. The summed E-state index contributed by atoms with van der Waals surface area (Å²) in [6.07, 6.45) is 6.70. The van der Waals surface area contributed by atoms with Gasteiger partial charge in [0.2, 0.25) is 0 Å². The van der Waals surface area contributed by atoms with E-state index >= 15 is 0 Å². The van der Waals surface area contributed by atoms with Crippen LogP contribution in [0.25, 0.3) is 5.76 Å². The Morgan fingerprint density at radius 2 is 1.60 bits per heavy atom. The SMILES string of the molecule is Cc1cc(/C(O)=C2/C(=O)C(=O)N(c3ccc(N4CCCCC4)cc3)C2c2ccncc2)ccc1F. The molecule has 0 bridgehead atoms. The minimum Gasteiger partial charge on any atom is -0.507 e. The number of ketones is 1. The van der Waals surface area contributed by atoms with Gasteiger partial charge in [-0.1, -0.05) is 0 Å². The molecule has 2 saturated heterocycles. The fourth-order valence-corrected chi connectivity index (χ4v) is 4.88. The number of nitrogens with zero attached hydrogens (tertiary/aromatic N) is 3. The Bertz CT molecular complexity index is 1300. The highest BCUT2D eigenvalue weighted by Gasteiger charge is 2.47. The summed E-state index contributed by atoms with van der Waals surface area (Å²) >= 11 is 0. The molecule has 2 aliphatic heterocycles. The summed E-state index contributed by atoms with van der Waals surface area (Å²) in [7, 11) is 0. The molecule has 2 fully saturated rings. The summed E-state index contributed by atoms with van der Waals surface area (Å²) in [6, 6.07) is 14.3. The molecular formula is C28H26FN3O3. The van der Waals surface area contributed by atoms with Crippen LogP contribution in [0.5, 0.6) is 0 Å². The highest BCUT2D eigenvalue weighted by atomic mass is 19.1. The Kier molecular flexibility index (Phi) is 6.07. The maximum Gasteiger partial charge on any atom is 0.300 e. The fraction of sp³-hybridized carbons (Fsp3) is 0.250. The molecule has 178 valence electrons. The van der Waals surface area contributed by atoms with Crippen molar-refractivity contribution >= 4 is 28.8 Å². The van der Waals surface area contributed by atoms with Crippen molar-refractivity contribution in [1.82, 2.24) is 4.98 Å². The second-order valence-electron chi connectivity index (χ2n) is 8.98. The van der Waals surface area contributed by atoms with E-state index in [-0.39, 0.29) is 16.9 Å². The molecule has 0 spiro atoms. The highest BCUT2D eigenvalue weighted by Crippen LogP contribution is 2.42. The van der Waals surface area contributed by atoms with Crippen LogP contribution < -0.4 is 9.80 Å². The number of aliphatic hydroxyl groups is 1. The average molecular weight is 472 g/mol. The van der Waals surface area contributed by atoms with Crippen molar-refractivity contribution in [3.63, 3.8) is 0 Å². The van der Waals surface area contributed by atoms with Crippen LogP contribution in [0.15, 0.2) is 72.6 Å². The number of aromatic nitrogens is 1. The molecule has 2 aliphatic rings. The van der Waals surface area contributed by atoms with Crippen molar-refractivity contribution < 1.29 is 19.1 Å². The maximum absolute atomic E-state index is 13.8. The van der Waals surface area contributed by atoms with E-state index in [2.05, 4.69) is 9.88 Å². The zero-order chi connectivity index (χ0) is 24.5. The number of anilines is 2. The minimum atomic E-state index is -0.843. The highest BCUT2D eigenvalue weighted by molar-refractivity contribution is 6.51. The number of pyridine rings is 1. The van der Waals surface area contributed by atoms with E-state index in [1.165, 1.54) is 29.5 Å². The van der Waals surface area contributed by atoms with Gasteiger partial charge >= 0.3 is 0 Å². The molecule has 2 aromatic carbocycles. The zero-order valence-electron chi connectivity index (χ0n) is 19.4. The number of carbonyl (C=O) groups excluding carboxylic acids is 2. The van der Waals surface area contributed by atoms with E-state index in [1.54, 1.807) is 31.5 Å². The molecule has 1 N–H and O–H groups in total. The zero-order valence-corrected chi connectivity index (χ0v) is 19.4. The van der Waals surface area contributed by atoms with Gasteiger partial charge in [-0.2, -0.15) is 0 Å². The minimum absolute atomic E-state index is 0.0349. The monoisotopic (exact) mass is 471 g/mol. The van der Waals surface area contributed by atoms with E-state index in [1.807, 2.05) is 24.3 Å². The number of rotatable bonds is 4. The van der Waals surface area contributed by atoms with E-state index in [4.69, 9.17) is 0 Å². The molecule has 5 rings (SSSR count). The van der Waals surface area contributed by atoms with Crippen molar-refractivity contribution in [2.24, 2.45) is 0 Å². The summed E-state index contributed by atoms with van der Waals surface area (Å²) in [4.78, 5) is 34.3. The molecule has 0 aliphatic carbocycles. The number of hydrogen-bond acceptors (Lipinski definition) is 5. The molecule has 35 heavy (non-hydrogen) atoms. The Morgan fingerprint density at radius 1 is 0.943 bits per heavy atom. The largest absolute Gasteiger partial charge is 0.507 e. The Balaban J connectivity index is 1.60. The molecule has 1 atom stereocenters. The number of carbonyl (C=O) groups is 2. The molecular weight excluding hydrogens is 445 g/mol. The molecule has 0 saturated carbocycles. The quantitative estimate of drug-likeness (QED) is 0.324. The lowest BCUT2D eigenvalue weighted by Gasteiger charge is -2.30. The number of aliphatic hydroxyl groups excluding tert-OH is 1. The third-order valence-corrected chi connectivity index (χ3v) is 6.75. The molecule has 3 heterocycles. The van der Waals surface area contributed by atoms with Gasteiger partial charge in [-0.25, -0.2) is 4.39 Å². The van der Waals surface area contributed by atoms with Crippen LogP contribution in [0.2, 0.25) is 0 Å². The number of benzene rings is 2. The number of halogens is 1. The second kappa shape index (κ2) is 9.33. The standard InChI is InChI=1S/C28H26FN3O3/c1-18-17-20(5-10-23(18)29)26(33)24-25(19-11-13-30-14-12-19)32(28(35)27(24)34)22-8-6-21(7-9-22)31-15-3-2-4-16-31/h5-14,17,25,33H,2-4,15-16H2,1H3/b26-24-. The number of piperidine rings is 1. The van der Waals surface area contributed by atoms with Crippen molar-refractivity contribution in [1.29, 1.82) is 0 Å². The number of hydrogen-bond donors (Lipinski definition) is 1. The predicted molar refractivity (Wildman–Crippen MR) is 133 cm³/mol. The van der Waals surface area contributed by atoms with Gasteiger partial charge < -0.3 is 10.0 Å². The third-order valence-electron chi connectivity index (χ3n) is 6.75. The third kappa shape index (κ3) is 4.18. The van der Waals surface area contributed by atoms with Crippen LogP contribution in [-0.2, 0) is 9.59 Å². The van der Waals surface area contributed by atoms with Crippen LogP contribution in [0, 0.1) is 12.7 Å². The van der Waals surface area contributed by atoms with Crippen LogP contribution in [0.4, 0.5) is 15.8 Å². The first-order valence-corrected chi connectivity index (χ1v) is 11.8. The molecule has 7 heteroatoms. The summed E-state index contributed by atoms with van der Waals surface area (Å²) in [6.45, 7) is 3.57. The van der Waals surface area contributed by atoms with E-state index in [9.17, 15) is 19.1 Å². The number of amides is 1. The van der Waals surface area contributed by atoms with E-state index < -0.39 is 23.5 Å². The Hall–Kier alpha value is -4.00. The molecule has 6 nitrogen and oxygen atoms in total. The summed E-state index contributed by atoms with van der Waals surface area (Å²) in [5.74, 6) is -2.26.